The second-order valence-corrected chi connectivity index (χ2v) is 8.81. The van der Waals surface area contributed by atoms with E-state index in [1.165, 1.54) is 0 Å². The van der Waals surface area contributed by atoms with E-state index in [1.807, 2.05) is 25.7 Å². The monoisotopic (exact) mass is 421 g/mol. The summed E-state index contributed by atoms with van der Waals surface area (Å²) in [5.41, 5.74) is 1.67. The third-order valence-corrected chi connectivity index (χ3v) is 5.28. The largest absolute Gasteiger partial charge is 0.444 e. The number of aliphatic imine (C=N–C) groups is 1. The molecule has 30 heavy (non-hydrogen) atoms. The van der Waals surface area contributed by atoms with Gasteiger partial charge in [-0.2, -0.15) is 0 Å². The zero-order valence-corrected chi connectivity index (χ0v) is 19.5. The van der Waals surface area contributed by atoms with Gasteiger partial charge in [0.05, 0.1) is 5.69 Å². The zero-order chi connectivity index (χ0) is 22.1. The predicted octanol–water partition coefficient (Wildman–Crippen LogP) is 3.50. The van der Waals surface area contributed by atoms with Crippen LogP contribution in [0.2, 0.25) is 0 Å². The summed E-state index contributed by atoms with van der Waals surface area (Å²) in [5, 5.41) is 10.9. The van der Waals surface area contributed by atoms with Crippen LogP contribution in [0.1, 0.15) is 70.9 Å². The number of aryl methyl sites for hydroxylation is 2. The number of amides is 1. The molecule has 2 rings (SSSR count). The van der Waals surface area contributed by atoms with Crippen LogP contribution in [0.4, 0.5) is 4.79 Å². The van der Waals surface area contributed by atoms with Gasteiger partial charge in [-0.1, -0.05) is 19.0 Å². The van der Waals surface area contributed by atoms with E-state index in [2.05, 4.69) is 34.6 Å². The summed E-state index contributed by atoms with van der Waals surface area (Å²) in [6.45, 7) is 12.8. The number of nitrogens with one attached hydrogen (secondary N) is 2. The van der Waals surface area contributed by atoms with Crippen LogP contribution < -0.4 is 10.6 Å². The molecule has 1 aromatic heterocycles. The summed E-state index contributed by atoms with van der Waals surface area (Å²) in [4.78, 5) is 18.5. The van der Waals surface area contributed by atoms with E-state index >= 15 is 0 Å². The van der Waals surface area contributed by atoms with Crippen LogP contribution in [0.5, 0.6) is 0 Å². The predicted molar refractivity (Wildman–Crippen MR) is 119 cm³/mol. The molecule has 0 radical (unpaired) electrons. The van der Waals surface area contributed by atoms with Crippen molar-refractivity contribution in [2.45, 2.75) is 78.9 Å². The van der Waals surface area contributed by atoms with Crippen LogP contribution in [-0.4, -0.2) is 54.4 Å². The van der Waals surface area contributed by atoms with Crippen molar-refractivity contribution in [2.24, 2.45) is 10.9 Å². The van der Waals surface area contributed by atoms with E-state index in [-0.39, 0.29) is 6.09 Å². The van der Waals surface area contributed by atoms with Crippen LogP contribution in [0, 0.1) is 5.92 Å². The highest BCUT2D eigenvalue weighted by atomic mass is 16.6. The van der Waals surface area contributed by atoms with Crippen molar-refractivity contribution in [3.63, 3.8) is 0 Å². The minimum absolute atomic E-state index is 0.204. The first-order valence-electron chi connectivity index (χ1n) is 11.2. The molecule has 0 aromatic carbocycles. The van der Waals surface area contributed by atoms with Gasteiger partial charge < -0.3 is 24.8 Å². The Morgan fingerprint density at radius 2 is 2.07 bits per heavy atom. The maximum absolute atomic E-state index is 12.3. The van der Waals surface area contributed by atoms with E-state index in [4.69, 9.17) is 9.26 Å². The van der Waals surface area contributed by atoms with E-state index in [1.54, 1.807) is 7.05 Å². The highest BCUT2D eigenvalue weighted by Gasteiger charge is 2.27. The molecular formula is C22H39N5O3. The van der Waals surface area contributed by atoms with Gasteiger partial charge in [-0.05, 0) is 52.4 Å². The summed E-state index contributed by atoms with van der Waals surface area (Å²) in [7, 11) is 1.77. The van der Waals surface area contributed by atoms with E-state index in [0.717, 1.165) is 74.7 Å². The van der Waals surface area contributed by atoms with E-state index in [0.29, 0.717) is 12.5 Å². The van der Waals surface area contributed by atoms with Crippen molar-refractivity contribution in [3.05, 3.63) is 17.0 Å². The smallest absolute Gasteiger partial charge is 0.410 e. The Labute approximate surface area is 180 Å². The average molecular weight is 422 g/mol. The molecule has 0 aliphatic carbocycles. The lowest BCUT2D eigenvalue weighted by Crippen LogP contribution is -2.44. The molecule has 1 unspecified atom stereocenters. The number of piperidine rings is 1. The maximum Gasteiger partial charge on any atom is 0.410 e. The molecule has 2 heterocycles. The number of hydrogen-bond acceptors (Lipinski definition) is 5. The molecule has 2 N–H and O–H groups in total. The quantitative estimate of drug-likeness (QED) is 0.517. The first kappa shape index (κ1) is 24.0. The van der Waals surface area contributed by atoms with Gasteiger partial charge in [0.2, 0.25) is 0 Å². The number of nitrogens with zero attached hydrogens (tertiary/aromatic N) is 3. The number of carbonyl (C=O) groups is 1. The summed E-state index contributed by atoms with van der Waals surface area (Å²) in [6, 6.07) is 0. The normalized spacial score (nSPS) is 17.7. The Kier molecular flexibility index (Phi) is 8.99. The summed E-state index contributed by atoms with van der Waals surface area (Å²) in [6.07, 6.45) is 4.60. The Morgan fingerprint density at radius 1 is 1.30 bits per heavy atom. The summed E-state index contributed by atoms with van der Waals surface area (Å²) < 4.78 is 10.9. The van der Waals surface area contributed by atoms with Crippen LogP contribution in [0.25, 0.3) is 0 Å². The molecule has 1 amide bonds. The van der Waals surface area contributed by atoms with Gasteiger partial charge in [0.1, 0.15) is 11.4 Å². The highest BCUT2D eigenvalue weighted by Crippen LogP contribution is 2.21. The number of rotatable bonds is 7. The molecule has 1 atom stereocenters. The van der Waals surface area contributed by atoms with Gasteiger partial charge in [0.15, 0.2) is 5.96 Å². The number of hydrogen-bond donors (Lipinski definition) is 2. The lowest BCUT2D eigenvalue weighted by Gasteiger charge is -2.34. The van der Waals surface area contributed by atoms with Crippen molar-refractivity contribution >= 4 is 12.1 Å². The summed E-state index contributed by atoms with van der Waals surface area (Å²) >= 11 is 0. The average Bonchev–Trinajstić information content (AvgIpc) is 3.11. The number of likely N-dealkylation sites (tertiary alicyclic amines) is 1. The Bertz CT molecular complexity index is 687. The number of ether oxygens (including phenoxy) is 1. The maximum atomic E-state index is 12.3. The minimum atomic E-state index is -0.455. The van der Waals surface area contributed by atoms with Crippen molar-refractivity contribution in [1.82, 2.24) is 20.7 Å². The third-order valence-electron chi connectivity index (χ3n) is 5.28. The first-order chi connectivity index (χ1) is 14.3. The summed E-state index contributed by atoms with van der Waals surface area (Å²) in [5.74, 6) is 2.16. The van der Waals surface area contributed by atoms with Gasteiger partial charge in [-0.25, -0.2) is 4.79 Å². The van der Waals surface area contributed by atoms with Crippen LogP contribution in [0.3, 0.4) is 0 Å². The lowest BCUT2D eigenvalue weighted by atomic mass is 9.95. The van der Waals surface area contributed by atoms with Gasteiger partial charge in [-0.3, -0.25) is 4.99 Å². The number of carbonyl (C=O) groups excluding carboxylic acids is 1. The SMILES string of the molecule is CCc1noc(CC)c1CNC(=NC)NCCC1CCCN(C(=O)OC(C)(C)C)C1. The van der Waals surface area contributed by atoms with Crippen LogP contribution in [-0.2, 0) is 24.1 Å². The Balaban J connectivity index is 1.78. The third kappa shape index (κ3) is 7.22. The molecule has 1 aromatic rings. The molecular weight excluding hydrogens is 382 g/mol. The van der Waals surface area contributed by atoms with Gasteiger partial charge in [-0.15, -0.1) is 0 Å². The Hall–Kier alpha value is -2.25. The van der Waals surface area contributed by atoms with E-state index < -0.39 is 5.60 Å². The fourth-order valence-electron chi connectivity index (χ4n) is 3.72. The van der Waals surface area contributed by atoms with Crippen molar-refractivity contribution in [3.8, 4) is 0 Å². The van der Waals surface area contributed by atoms with Gasteiger partial charge >= 0.3 is 6.09 Å². The standard InChI is InChI=1S/C22H39N5O3/c1-7-18-17(19(8-2)30-26-18)14-25-20(23-6)24-12-11-16-10-9-13-27(15-16)21(28)29-22(3,4)5/h16H,7-15H2,1-6H3,(H2,23,24,25). The molecule has 0 bridgehead atoms. The zero-order valence-electron chi connectivity index (χ0n) is 19.5. The molecule has 0 spiro atoms. The second kappa shape index (κ2) is 11.2. The fraction of sp³-hybridized carbons (Fsp3) is 0.773. The molecule has 8 nitrogen and oxygen atoms in total. The lowest BCUT2D eigenvalue weighted by molar-refractivity contribution is 0.0162. The Morgan fingerprint density at radius 3 is 2.70 bits per heavy atom. The van der Waals surface area contributed by atoms with Crippen molar-refractivity contribution in [2.75, 3.05) is 26.7 Å². The van der Waals surface area contributed by atoms with Crippen LogP contribution in [0.15, 0.2) is 9.52 Å². The number of aromatic nitrogens is 1. The van der Waals surface area contributed by atoms with Gasteiger partial charge in [0, 0.05) is 45.2 Å². The first-order valence-corrected chi connectivity index (χ1v) is 11.2. The second-order valence-electron chi connectivity index (χ2n) is 8.81. The van der Waals surface area contributed by atoms with Crippen LogP contribution >= 0.6 is 0 Å². The topological polar surface area (TPSA) is 92.0 Å². The van der Waals surface area contributed by atoms with Crippen molar-refractivity contribution < 1.29 is 14.1 Å². The van der Waals surface area contributed by atoms with Crippen molar-refractivity contribution in [1.29, 1.82) is 0 Å². The molecule has 8 heteroatoms. The molecule has 1 saturated heterocycles. The van der Waals surface area contributed by atoms with Gasteiger partial charge in [0.25, 0.3) is 0 Å². The number of guanidine groups is 1. The minimum Gasteiger partial charge on any atom is -0.444 e. The molecule has 0 saturated carbocycles. The molecule has 170 valence electrons. The highest BCUT2D eigenvalue weighted by molar-refractivity contribution is 5.79. The molecule has 1 fully saturated rings. The van der Waals surface area contributed by atoms with E-state index in [9.17, 15) is 4.79 Å². The molecule has 1 aliphatic rings. The molecule has 1 aliphatic heterocycles. The fourth-order valence-corrected chi connectivity index (χ4v) is 3.72.